The molecular weight excluding hydrogens is 215 g/mol. The van der Waals surface area contributed by atoms with Crippen LogP contribution in [0.1, 0.15) is 10.4 Å². The van der Waals surface area contributed by atoms with Gasteiger partial charge in [-0.1, -0.05) is 11.6 Å². The van der Waals surface area contributed by atoms with Crippen molar-refractivity contribution in [2.24, 2.45) is 0 Å². The van der Waals surface area contributed by atoms with Crippen molar-refractivity contribution in [1.82, 2.24) is 0 Å². The van der Waals surface area contributed by atoms with Crippen LogP contribution in [0.25, 0.3) is 0 Å². The minimum absolute atomic E-state index is 0. The molecule has 1 aromatic carbocycles. The van der Waals surface area contributed by atoms with E-state index in [0.717, 1.165) is 0 Å². The molecule has 1 N–H and O–H groups in total. The summed E-state index contributed by atoms with van der Waals surface area (Å²) in [6, 6.07) is 4.48. The maximum atomic E-state index is 10.5. The van der Waals surface area contributed by atoms with E-state index in [1.165, 1.54) is 19.2 Å². The van der Waals surface area contributed by atoms with Crippen molar-refractivity contribution in [1.29, 1.82) is 0 Å². The van der Waals surface area contributed by atoms with Crippen LogP contribution in [0.5, 0.6) is 5.75 Å². The SMILES string of the molecule is COc1ccc(Cl)c(C(=O)O)c1.Cl. The molecule has 0 saturated heterocycles. The first kappa shape index (κ1) is 12.1. The predicted molar refractivity (Wildman–Crippen MR) is 52.2 cm³/mol. The van der Waals surface area contributed by atoms with Gasteiger partial charge in [0.2, 0.25) is 0 Å². The summed E-state index contributed by atoms with van der Waals surface area (Å²) < 4.78 is 4.84. The van der Waals surface area contributed by atoms with Crippen molar-refractivity contribution >= 4 is 30.0 Å². The topological polar surface area (TPSA) is 46.5 Å². The molecule has 1 aromatic rings. The third-order valence-electron chi connectivity index (χ3n) is 1.40. The molecule has 0 bridgehead atoms. The molecule has 1 rings (SSSR count). The summed E-state index contributed by atoms with van der Waals surface area (Å²) in [5.41, 5.74) is 0.0519. The lowest BCUT2D eigenvalue weighted by Crippen LogP contribution is -1.97. The van der Waals surface area contributed by atoms with Crippen molar-refractivity contribution in [3.05, 3.63) is 28.8 Å². The first-order valence-electron chi connectivity index (χ1n) is 3.22. The fraction of sp³-hybridized carbons (Fsp3) is 0.125. The van der Waals surface area contributed by atoms with Gasteiger partial charge in [0, 0.05) is 0 Å². The van der Waals surface area contributed by atoms with E-state index in [4.69, 9.17) is 21.4 Å². The van der Waals surface area contributed by atoms with Crippen molar-refractivity contribution in [2.75, 3.05) is 7.11 Å². The Morgan fingerprint density at radius 3 is 2.62 bits per heavy atom. The average Bonchev–Trinajstić information content (AvgIpc) is 2.05. The molecule has 0 aliphatic heterocycles. The molecule has 5 heteroatoms. The number of aromatic carboxylic acids is 1. The third-order valence-corrected chi connectivity index (χ3v) is 1.73. The molecule has 0 atom stereocenters. The van der Waals surface area contributed by atoms with Crippen LogP contribution in [0.3, 0.4) is 0 Å². The Kier molecular flexibility index (Phi) is 4.59. The molecule has 0 fully saturated rings. The second-order valence-corrected chi connectivity index (χ2v) is 2.56. The largest absolute Gasteiger partial charge is 0.497 e. The van der Waals surface area contributed by atoms with E-state index in [1.807, 2.05) is 0 Å². The lowest BCUT2D eigenvalue weighted by molar-refractivity contribution is 0.0696. The quantitative estimate of drug-likeness (QED) is 0.837. The van der Waals surface area contributed by atoms with Gasteiger partial charge in [0.05, 0.1) is 17.7 Å². The fourth-order valence-electron chi connectivity index (χ4n) is 0.795. The molecule has 13 heavy (non-hydrogen) atoms. The maximum absolute atomic E-state index is 10.5. The zero-order valence-electron chi connectivity index (χ0n) is 6.78. The summed E-state index contributed by atoms with van der Waals surface area (Å²) >= 11 is 5.61. The first-order valence-corrected chi connectivity index (χ1v) is 3.60. The van der Waals surface area contributed by atoms with E-state index in [2.05, 4.69) is 0 Å². The van der Waals surface area contributed by atoms with Gasteiger partial charge in [0.25, 0.3) is 0 Å². The van der Waals surface area contributed by atoms with Crippen molar-refractivity contribution in [2.45, 2.75) is 0 Å². The third kappa shape index (κ3) is 2.79. The molecule has 0 spiro atoms. The molecule has 0 aromatic heterocycles. The Labute approximate surface area is 86.7 Å². The molecule has 0 saturated carbocycles. The fourth-order valence-corrected chi connectivity index (χ4v) is 0.994. The number of carbonyl (C=O) groups is 1. The Hall–Kier alpha value is -0.930. The number of rotatable bonds is 2. The minimum atomic E-state index is -1.06. The Bertz CT molecular complexity index is 312. The minimum Gasteiger partial charge on any atom is -0.497 e. The normalized spacial score (nSPS) is 8.77. The second kappa shape index (κ2) is 4.94. The van der Waals surface area contributed by atoms with Crippen LogP contribution < -0.4 is 4.74 Å². The van der Waals surface area contributed by atoms with Crippen LogP contribution >= 0.6 is 24.0 Å². The van der Waals surface area contributed by atoms with E-state index >= 15 is 0 Å². The van der Waals surface area contributed by atoms with Gasteiger partial charge in [-0.3, -0.25) is 0 Å². The van der Waals surface area contributed by atoms with E-state index in [0.29, 0.717) is 5.75 Å². The highest BCUT2D eigenvalue weighted by molar-refractivity contribution is 6.33. The molecule has 0 radical (unpaired) electrons. The van der Waals surface area contributed by atoms with Gasteiger partial charge in [-0.05, 0) is 18.2 Å². The second-order valence-electron chi connectivity index (χ2n) is 2.15. The van der Waals surface area contributed by atoms with Gasteiger partial charge in [-0.15, -0.1) is 12.4 Å². The van der Waals surface area contributed by atoms with Crippen molar-refractivity contribution in [3.63, 3.8) is 0 Å². The van der Waals surface area contributed by atoms with Crippen molar-refractivity contribution in [3.8, 4) is 5.75 Å². The Morgan fingerprint density at radius 2 is 2.15 bits per heavy atom. The monoisotopic (exact) mass is 222 g/mol. The molecular formula is C8H8Cl2O3. The van der Waals surface area contributed by atoms with E-state index < -0.39 is 5.97 Å². The van der Waals surface area contributed by atoms with Crippen LogP contribution in [-0.4, -0.2) is 18.2 Å². The maximum Gasteiger partial charge on any atom is 0.337 e. The molecule has 0 unspecified atom stereocenters. The van der Waals surface area contributed by atoms with Gasteiger partial charge < -0.3 is 9.84 Å². The van der Waals surface area contributed by atoms with Crippen LogP contribution in [0, 0.1) is 0 Å². The number of benzene rings is 1. The van der Waals surface area contributed by atoms with Crippen LogP contribution in [0.2, 0.25) is 5.02 Å². The molecule has 3 nitrogen and oxygen atoms in total. The first-order chi connectivity index (χ1) is 5.65. The van der Waals surface area contributed by atoms with E-state index in [9.17, 15) is 4.79 Å². The molecule has 0 aliphatic carbocycles. The Morgan fingerprint density at radius 1 is 1.54 bits per heavy atom. The van der Waals surface area contributed by atoms with Crippen LogP contribution in [0.15, 0.2) is 18.2 Å². The predicted octanol–water partition coefficient (Wildman–Crippen LogP) is 2.47. The smallest absolute Gasteiger partial charge is 0.337 e. The molecule has 0 amide bonds. The average molecular weight is 223 g/mol. The summed E-state index contributed by atoms with van der Waals surface area (Å²) in [6.45, 7) is 0. The highest BCUT2D eigenvalue weighted by Gasteiger charge is 2.08. The number of halogens is 2. The lowest BCUT2D eigenvalue weighted by atomic mass is 10.2. The van der Waals surface area contributed by atoms with Gasteiger partial charge >= 0.3 is 5.97 Å². The molecule has 0 heterocycles. The highest BCUT2D eigenvalue weighted by atomic mass is 35.5. The summed E-state index contributed by atoms with van der Waals surface area (Å²) in [5, 5.41) is 8.86. The number of hydrogen-bond acceptors (Lipinski definition) is 2. The number of carboxylic acids is 1. The zero-order valence-corrected chi connectivity index (χ0v) is 8.35. The number of carboxylic acid groups (broad SMARTS) is 1. The van der Waals surface area contributed by atoms with Crippen molar-refractivity contribution < 1.29 is 14.6 Å². The summed E-state index contributed by atoms with van der Waals surface area (Å²) in [7, 11) is 1.47. The molecule has 0 aliphatic rings. The zero-order chi connectivity index (χ0) is 9.14. The lowest BCUT2D eigenvalue weighted by Gasteiger charge is -2.01. The summed E-state index contributed by atoms with van der Waals surface area (Å²) in [5.74, 6) is -0.573. The summed E-state index contributed by atoms with van der Waals surface area (Å²) in [4.78, 5) is 10.5. The van der Waals surface area contributed by atoms with Gasteiger partial charge in [0.1, 0.15) is 5.75 Å². The Balaban J connectivity index is 0.00000144. The van der Waals surface area contributed by atoms with Gasteiger partial charge in [-0.2, -0.15) is 0 Å². The number of hydrogen-bond donors (Lipinski definition) is 1. The van der Waals surface area contributed by atoms with E-state index in [1.54, 1.807) is 6.07 Å². The molecule has 72 valence electrons. The van der Waals surface area contributed by atoms with Crippen LogP contribution in [0.4, 0.5) is 0 Å². The van der Waals surface area contributed by atoms with E-state index in [-0.39, 0.29) is 23.0 Å². The van der Waals surface area contributed by atoms with Gasteiger partial charge in [0.15, 0.2) is 0 Å². The van der Waals surface area contributed by atoms with Crippen LogP contribution in [-0.2, 0) is 0 Å². The highest BCUT2D eigenvalue weighted by Crippen LogP contribution is 2.21. The number of methoxy groups -OCH3 is 1. The van der Waals surface area contributed by atoms with Gasteiger partial charge in [-0.25, -0.2) is 4.79 Å². The standard InChI is InChI=1S/C8H7ClO3.ClH/c1-12-5-2-3-7(9)6(4-5)8(10)11;/h2-4H,1H3,(H,10,11);1H. The number of ether oxygens (including phenoxy) is 1. The summed E-state index contributed by atoms with van der Waals surface area (Å²) in [6.07, 6.45) is 0.